The van der Waals surface area contributed by atoms with Crippen molar-refractivity contribution >= 4 is 28.2 Å². The molecule has 1 atom stereocenters. The van der Waals surface area contributed by atoms with Crippen molar-refractivity contribution in [3.8, 4) is 0 Å². The largest absolute Gasteiger partial charge is 0.368 e. The summed E-state index contributed by atoms with van der Waals surface area (Å²) in [7, 11) is 0. The van der Waals surface area contributed by atoms with E-state index >= 15 is 0 Å². The molecule has 1 heterocycles. The molecule has 0 spiro atoms. The quantitative estimate of drug-likeness (QED) is 0.638. The molecule has 0 bridgehead atoms. The number of hydrogen-bond acceptors (Lipinski definition) is 3. The molecule has 0 saturated heterocycles. The summed E-state index contributed by atoms with van der Waals surface area (Å²) in [6.45, 7) is 3.08. The maximum atomic E-state index is 5.78. The molecular formula is C14H18ClN3. The number of anilines is 1. The number of halogens is 1. The second-order valence-electron chi connectivity index (χ2n) is 4.61. The van der Waals surface area contributed by atoms with Gasteiger partial charge in [0.2, 0.25) is 0 Å². The summed E-state index contributed by atoms with van der Waals surface area (Å²) >= 11 is 5.78. The first-order valence-electron chi connectivity index (χ1n) is 6.31. The summed E-state index contributed by atoms with van der Waals surface area (Å²) in [4.78, 5) is 0. The summed E-state index contributed by atoms with van der Waals surface area (Å²) in [6.07, 6.45) is 4.02. The lowest BCUT2D eigenvalue weighted by Gasteiger charge is -2.09. The predicted molar refractivity (Wildman–Crippen MR) is 77.1 cm³/mol. The van der Waals surface area contributed by atoms with E-state index in [0.29, 0.717) is 5.92 Å². The average molecular weight is 264 g/mol. The van der Waals surface area contributed by atoms with E-state index in [2.05, 4.69) is 28.5 Å². The molecule has 0 radical (unpaired) electrons. The van der Waals surface area contributed by atoms with Crippen molar-refractivity contribution in [2.75, 3.05) is 17.7 Å². The normalized spacial score (nSPS) is 12.6. The van der Waals surface area contributed by atoms with Crippen molar-refractivity contribution in [3.63, 3.8) is 0 Å². The third kappa shape index (κ3) is 3.33. The maximum Gasteiger partial charge on any atom is 0.156 e. The zero-order valence-electron chi connectivity index (χ0n) is 10.6. The van der Waals surface area contributed by atoms with Gasteiger partial charge in [-0.05, 0) is 18.8 Å². The number of nitrogens with zero attached hydrogens (tertiary/aromatic N) is 2. The van der Waals surface area contributed by atoms with Crippen molar-refractivity contribution < 1.29 is 0 Å². The highest BCUT2D eigenvalue weighted by atomic mass is 35.5. The smallest absolute Gasteiger partial charge is 0.156 e. The van der Waals surface area contributed by atoms with E-state index in [4.69, 9.17) is 11.6 Å². The minimum Gasteiger partial charge on any atom is -0.368 e. The highest BCUT2D eigenvalue weighted by molar-refractivity contribution is 6.18. The Morgan fingerprint density at radius 2 is 2.17 bits per heavy atom. The lowest BCUT2D eigenvalue weighted by Crippen LogP contribution is -2.07. The molecular weight excluding hydrogens is 246 g/mol. The molecule has 2 rings (SSSR count). The summed E-state index contributed by atoms with van der Waals surface area (Å²) < 4.78 is 0. The van der Waals surface area contributed by atoms with Crippen LogP contribution in [-0.2, 0) is 0 Å². The summed E-state index contributed by atoms with van der Waals surface area (Å²) in [5.41, 5.74) is 0. The molecule has 3 nitrogen and oxygen atoms in total. The van der Waals surface area contributed by atoms with Crippen LogP contribution < -0.4 is 5.32 Å². The highest BCUT2D eigenvalue weighted by Gasteiger charge is 2.03. The number of fused-ring (bicyclic) bond motifs is 1. The number of hydrogen-bond donors (Lipinski definition) is 1. The van der Waals surface area contributed by atoms with Crippen molar-refractivity contribution in [2.45, 2.75) is 19.8 Å². The molecule has 1 unspecified atom stereocenters. The van der Waals surface area contributed by atoms with Gasteiger partial charge in [0, 0.05) is 23.2 Å². The molecule has 0 aliphatic rings. The lowest BCUT2D eigenvalue weighted by atomic mass is 10.1. The van der Waals surface area contributed by atoms with Crippen LogP contribution >= 0.6 is 11.6 Å². The number of aromatic nitrogens is 2. The number of alkyl halides is 1. The van der Waals surface area contributed by atoms with Crippen molar-refractivity contribution in [2.24, 2.45) is 5.92 Å². The van der Waals surface area contributed by atoms with E-state index in [-0.39, 0.29) is 0 Å². The number of nitrogens with one attached hydrogen (secondary N) is 1. The van der Waals surface area contributed by atoms with E-state index < -0.39 is 0 Å². The van der Waals surface area contributed by atoms with Crippen LogP contribution in [0.3, 0.4) is 0 Å². The van der Waals surface area contributed by atoms with Gasteiger partial charge in [-0.2, -0.15) is 5.10 Å². The topological polar surface area (TPSA) is 37.8 Å². The maximum absolute atomic E-state index is 5.78. The van der Waals surface area contributed by atoms with Crippen LogP contribution in [0.1, 0.15) is 19.8 Å². The molecule has 0 aliphatic carbocycles. The highest BCUT2D eigenvalue weighted by Crippen LogP contribution is 2.19. The van der Waals surface area contributed by atoms with Gasteiger partial charge in [-0.1, -0.05) is 31.2 Å². The van der Waals surface area contributed by atoms with Gasteiger partial charge in [0.05, 0.1) is 6.20 Å². The van der Waals surface area contributed by atoms with Crippen LogP contribution in [0, 0.1) is 5.92 Å². The third-order valence-corrected chi connectivity index (χ3v) is 3.53. The molecule has 96 valence electrons. The summed E-state index contributed by atoms with van der Waals surface area (Å²) in [5, 5.41) is 13.8. The monoisotopic (exact) mass is 263 g/mol. The predicted octanol–water partition coefficient (Wildman–Crippen LogP) is 3.70. The summed E-state index contributed by atoms with van der Waals surface area (Å²) in [6, 6.07) is 8.14. The number of rotatable bonds is 6. The first kappa shape index (κ1) is 13.1. The Morgan fingerprint density at radius 3 is 3.00 bits per heavy atom. The van der Waals surface area contributed by atoms with Gasteiger partial charge in [0.25, 0.3) is 0 Å². The van der Waals surface area contributed by atoms with E-state index in [1.54, 1.807) is 6.20 Å². The van der Waals surface area contributed by atoms with E-state index in [0.717, 1.165) is 41.9 Å². The van der Waals surface area contributed by atoms with Gasteiger partial charge < -0.3 is 5.32 Å². The van der Waals surface area contributed by atoms with Crippen LogP contribution in [-0.4, -0.2) is 22.6 Å². The summed E-state index contributed by atoms with van der Waals surface area (Å²) in [5.74, 6) is 2.17. The van der Waals surface area contributed by atoms with Gasteiger partial charge in [0.15, 0.2) is 5.82 Å². The molecule has 1 aromatic carbocycles. The molecule has 0 amide bonds. The molecule has 0 aliphatic heterocycles. The molecule has 0 fully saturated rings. The van der Waals surface area contributed by atoms with Crippen LogP contribution in [0.25, 0.3) is 10.8 Å². The Kier molecular flexibility index (Phi) is 4.76. The van der Waals surface area contributed by atoms with Gasteiger partial charge in [-0.3, -0.25) is 0 Å². The van der Waals surface area contributed by atoms with Crippen LogP contribution in [0.15, 0.2) is 30.5 Å². The van der Waals surface area contributed by atoms with Crippen molar-refractivity contribution in [1.29, 1.82) is 0 Å². The van der Waals surface area contributed by atoms with Gasteiger partial charge in [-0.15, -0.1) is 16.7 Å². The fourth-order valence-corrected chi connectivity index (χ4v) is 2.05. The first-order chi connectivity index (χ1) is 8.81. The standard InChI is InChI=1S/C14H18ClN3/c1-11(9-15)5-4-8-16-14-13-7-3-2-6-12(13)10-17-18-14/h2-3,6-7,10-11H,4-5,8-9H2,1H3,(H,16,18). The second kappa shape index (κ2) is 6.55. The van der Waals surface area contributed by atoms with Gasteiger partial charge >= 0.3 is 0 Å². The lowest BCUT2D eigenvalue weighted by molar-refractivity contribution is 0.572. The number of benzene rings is 1. The molecule has 1 aromatic heterocycles. The van der Waals surface area contributed by atoms with Crippen molar-refractivity contribution in [3.05, 3.63) is 30.5 Å². The SMILES string of the molecule is CC(CCl)CCCNc1nncc2ccccc12. The Hall–Kier alpha value is -1.35. The molecule has 4 heteroatoms. The first-order valence-corrected chi connectivity index (χ1v) is 6.85. The fraction of sp³-hybridized carbons (Fsp3) is 0.429. The Bertz CT molecular complexity index is 496. The minimum absolute atomic E-state index is 0.576. The van der Waals surface area contributed by atoms with E-state index in [1.807, 2.05) is 18.2 Å². The van der Waals surface area contributed by atoms with Crippen LogP contribution in [0.4, 0.5) is 5.82 Å². The van der Waals surface area contributed by atoms with Gasteiger partial charge in [-0.25, -0.2) is 0 Å². The zero-order chi connectivity index (χ0) is 12.8. The third-order valence-electron chi connectivity index (χ3n) is 3.00. The van der Waals surface area contributed by atoms with Gasteiger partial charge in [0.1, 0.15) is 0 Å². The molecule has 1 N–H and O–H groups in total. The molecule has 0 saturated carbocycles. The zero-order valence-corrected chi connectivity index (χ0v) is 11.3. The van der Waals surface area contributed by atoms with Crippen LogP contribution in [0.5, 0.6) is 0 Å². The Balaban J connectivity index is 1.95. The van der Waals surface area contributed by atoms with Crippen LogP contribution in [0.2, 0.25) is 0 Å². The second-order valence-corrected chi connectivity index (χ2v) is 4.92. The molecule has 2 aromatic rings. The minimum atomic E-state index is 0.576. The van der Waals surface area contributed by atoms with E-state index in [9.17, 15) is 0 Å². The Labute approximate surface area is 113 Å². The van der Waals surface area contributed by atoms with E-state index in [1.165, 1.54) is 0 Å². The van der Waals surface area contributed by atoms with Crippen molar-refractivity contribution in [1.82, 2.24) is 10.2 Å². The average Bonchev–Trinajstić information content (AvgIpc) is 2.43. The molecule has 18 heavy (non-hydrogen) atoms. The Morgan fingerprint density at radius 1 is 1.33 bits per heavy atom. The fourth-order valence-electron chi connectivity index (χ4n) is 1.89.